The van der Waals surface area contributed by atoms with E-state index in [0.29, 0.717) is 5.56 Å². The lowest BCUT2D eigenvalue weighted by Crippen LogP contribution is -2.20. The predicted molar refractivity (Wildman–Crippen MR) is 51.2 cm³/mol. The predicted octanol–water partition coefficient (Wildman–Crippen LogP) is 0.593. The summed E-state index contributed by atoms with van der Waals surface area (Å²) < 4.78 is 5.01. The molecule has 1 aromatic carbocycles. The standard InChI is InChI=1S/C10H9NO4/c1-4-6(12)3-5-7(8(4)15-2)10(14)11-9(5)13/h3,12H,1-2H3,(H,11,13,14). The van der Waals surface area contributed by atoms with E-state index >= 15 is 0 Å². The molecule has 0 atom stereocenters. The summed E-state index contributed by atoms with van der Waals surface area (Å²) in [5.74, 6) is -0.817. The van der Waals surface area contributed by atoms with Crippen LogP contribution in [0.3, 0.4) is 0 Å². The fourth-order valence-corrected chi connectivity index (χ4v) is 1.64. The van der Waals surface area contributed by atoms with Crippen LogP contribution in [-0.4, -0.2) is 24.0 Å². The molecule has 5 nitrogen and oxygen atoms in total. The van der Waals surface area contributed by atoms with Crippen molar-refractivity contribution in [1.29, 1.82) is 0 Å². The average molecular weight is 207 g/mol. The van der Waals surface area contributed by atoms with Crippen molar-refractivity contribution in [1.82, 2.24) is 5.32 Å². The van der Waals surface area contributed by atoms with Gasteiger partial charge in [-0.25, -0.2) is 0 Å². The SMILES string of the molecule is COc1c(C)c(O)cc2c1C(=O)NC2=O. The zero-order valence-electron chi connectivity index (χ0n) is 8.25. The monoisotopic (exact) mass is 207 g/mol. The second-order valence-electron chi connectivity index (χ2n) is 3.26. The quantitative estimate of drug-likeness (QED) is 0.661. The summed E-state index contributed by atoms with van der Waals surface area (Å²) in [6.07, 6.45) is 0. The van der Waals surface area contributed by atoms with Gasteiger partial charge in [0.25, 0.3) is 11.8 Å². The number of hydrogen-bond acceptors (Lipinski definition) is 4. The zero-order valence-corrected chi connectivity index (χ0v) is 8.25. The van der Waals surface area contributed by atoms with E-state index in [1.54, 1.807) is 6.92 Å². The first-order chi connectivity index (χ1) is 7.06. The van der Waals surface area contributed by atoms with Gasteiger partial charge in [-0.15, -0.1) is 0 Å². The van der Waals surface area contributed by atoms with Gasteiger partial charge in [0.15, 0.2) is 0 Å². The van der Waals surface area contributed by atoms with E-state index in [9.17, 15) is 14.7 Å². The number of rotatable bonds is 1. The van der Waals surface area contributed by atoms with Crippen molar-refractivity contribution in [2.75, 3.05) is 7.11 Å². The Bertz CT molecular complexity index is 479. The molecule has 2 rings (SSSR count). The molecule has 0 aliphatic carbocycles. The number of carbonyl (C=O) groups is 2. The third-order valence-corrected chi connectivity index (χ3v) is 2.41. The Kier molecular flexibility index (Phi) is 1.89. The Hall–Kier alpha value is -2.04. The van der Waals surface area contributed by atoms with Gasteiger partial charge in [0.1, 0.15) is 11.5 Å². The van der Waals surface area contributed by atoms with Gasteiger partial charge >= 0.3 is 0 Å². The van der Waals surface area contributed by atoms with Crippen molar-refractivity contribution in [3.63, 3.8) is 0 Å². The maximum absolute atomic E-state index is 11.4. The van der Waals surface area contributed by atoms with Crippen LogP contribution in [0.15, 0.2) is 6.07 Å². The van der Waals surface area contributed by atoms with E-state index in [0.717, 1.165) is 0 Å². The highest BCUT2D eigenvalue weighted by molar-refractivity contribution is 6.23. The first-order valence-electron chi connectivity index (χ1n) is 4.32. The van der Waals surface area contributed by atoms with Gasteiger partial charge in [-0.1, -0.05) is 0 Å². The molecule has 2 amide bonds. The van der Waals surface area contributed by atoms with Crippen LogP contribution in [0, 0.1) is 6.92 Å². The fraction of sp³-hybridized carbons (Fsp3) is 0.200. The van der Waals surface area contributed by atoms with Crippen LogP contribution in [0.2, 0.25) is 0 Å². The van der Waals surface area contributed by atoms with Gasteiger partial charge < -0.3 is 9.84 Å². The van der Waals surface area contributed by atoms with Crippen LogP contribution >= 0.6 is 0 Å². The molecule has 0 aromatic heterocycles. The summed E-state index contributed by atoms with van der Waals surface area (Å²) in [5, 5.41) is 11.7. The summed E-state index contributed by atoms with van der Waals surface area (Å²) in [7, 11) is 1.39. The highest BCUT2D eigenvalue weighted by atomic mass is 16.5. The number of methoxy groups -OCH3 is 1. The third kappa shape index (κ3) is 1.16. The van der Waals surface area contributed by atoms with Crippen LogP contribution in [0.25, 0.3) is 0 Å². The molecule has 0 saturated carbocycles. The smallest absolute Gasteiger partial charge is 0.262 e. The molecule has 0 spiro atoms. The molecule has 1 aliphatic rings. The topological polar surface area (TPSA) is 75.6 Å². The first kappa shape index (κ1) is 9.51. The maximum atomic E-state index is 11.4. The minimum Gasteiger partial charge on any atom is -0.508 e. The molecule has 78 valence electrons. The van der Waals surface area contributed by atoms with Crippen LogP contribution in [-0.2, 0) is 0 Å². The lowest BCUT2D eigenvalue weighted by atomic mass is 10.0. The highest BCUT2D eigenvalue weighted by Gasteiger charge is 2.32. The number of phenolic OH excluding ortho intramolecular Hbond substituents is 1. The average Bonchev–Trinajstić information content (AvgIpc) is 2.45. The summed E-state index contributed by atoms with van der Waals surface area (Å²) in [4.78, 5) is 22.7. The number of hydrogen-bond donors (Lipinski definition) is 2. The second-order valence-corrected chi connectivity index (χ2v) is 3.26. The minimum absolute atomic E-state index is 0.0598. The van der Waals surface area contributed by atoms with Crippen molar-refractivity contribution in [2.45, 2.75) is 6.92 Å². The summed E-state index contributed by atoms with van der Waals surface area (Å²) in [6, 6.07) is 1.27. The number of carbonyl (C=O) groups excluding carboxylic acids is 2. The first-order valence-corrected chi connectivity index (χ1v) is 4.32. The number of phenols is 1. The van der Waals surface area contributed by atoms with E-state index < -0.39 is 11.8 Å². The number of aromatic hydroxyl groups is 1. The van der Waals surface area contributed by atoms with Gasteiger partial charge in [-0.05, 0) is 13.0 Å². The van der Waals surface area contributed by atoms with E-state index in [-0.39, 0.29) is 22.6 Å². The number of fused-ring (bicyclic) bond motifs is 1. The minimum atomic E-state index is -0.511. The van der Waals surface area contributed by atoms with Gasteiger partial charge in [-0.3, -0.25) is 14.9 Å². The molecule has 0 saturated heterocycles. The van der Waals surface area contributed by atoms with Gasteiger partial charge in [0.2, 0.25) is 0 Å². The molecular weight excluding hydrogens is 198 g/mol. The molecule has 0 bridgehead atoms. The summed E-state index contributed by atoms with van der Waals surface area (Å²) in [6.45, 7) is 1.62. The van der Waals surface area contributed by atoms with Gasteiger partial charge in [-0.2, -0.15) is 0 Å². The van der Waals surface area contributed by atoms with E-state index in [1.165, 1.54) is 13.2 Å². The number of benzene rings is 1. The molecule has 2 N–H and O–H groups in total. The molecule has 0 radical (unpaired) electrons. The highest BCUT2D eigenvalue weighted by Crippen LogP contribution is 2.35. The number of amides is 2. The number of nitrogens with one attached hydrogen (secondary N) is 1. The molecule has 15 heavy (non-hydrogen) atoms. The Morgan fingerprint density at radius 2 is 2.00 bits per heavy atom. The normalized spacial score (nSPS) is 13.7. The lowest BCUT2D eigenvalue weighted by molar-refractivity contribution is 0.0879. The van der Waals surface area contributed by atoms with Crippen LogP contribution < -0.4 is 10.1 Å². The molecule has 1 heterocycles. The van der Waals surface area contributed by atoms with Crippen molar-refractivity contribution in [3.05, 3.63) is 22.8 Å². The fourth-order valence-electron chi connectivity index (χ4n) is 1.64. The molecular formula is C10H9NO4. The number of imide groups is 1. The second kappa shape index (κ2) is 2.98. The molecule has 0 fully saturated rings. The van der Waals surface area contributed by atoms with Crippen molar-refractivity contribution >= 4 is 11.8 Å². The molecule has 1 aliphatic heterocycles. The van der Waals surface area contributed by atoms with Crippen molar-refractivity contribution < 1.29 is 19.4 Å². The molecule has 0 unspecified atom stereocenters. The Balaban J connectivity index is 2.81. The Labute approximate surface area is 85.7 Å². The summed E-state index contributed by atoms with van der Waals surface area (Å²) >= 11 is 0. The number of ether oxygens (including phenoxy) is 1. The van der Waals surface area contributed by atoms with Gasteiger partial charge in [0, 0.05) is 5.56 Å². The van der Waals surface area contributed by atoms with Crippen LogP contribution in [0.5, 0.6) is 11.5 Å². The van der Waals surface area contributed by atoms with E-state index in [1.807, 2.05) is 0 Å². The maximum Gasteiger partial charge on any atom is 0.262 e. The zero-order chi connectivity index (χ0) is 11.2. The third-order valence-electron chi connectivity index (χ3n) is 2.41. The summed E-state index contributed by atoms with van der Waals surface area (Å²) in [5.41, 5.74) is 0.791. The van der Waals surface area contributed by atoms with Crippen molar-refractivity contribution in [2.24, 2.45) is 0 Å². The molecule has 1 aromatic rings. The lowest BCUT2D eigenvalue weighted by Gasteiger charge is -2.09. The van der Waals surface area contributed by atoms with Crippen LogP contribution in [0.4, 0.5) is 0 Å². The van der Waals surface area contributed by atoms with E-state index in [4.69, 9.17) is 4.74 Å². The molecule has 5 heteroatoms. The van der Waals surface area contributed by atoms with Crippen LogP contribution in [0.1, 0.15) is 26.3 Å². The van der Waals surface area contributed by atoms with Crippen molar-refractivity contribution in [3.8, 4) is 11.5 Å². The van der Waals surface area contributed by atoms with Gasteiger partial charge in [0.05, 0.1) is 18.2 Å². The van der Waals surface area contributed by atoms with E-state index in [2.05, 4.69) is 5.32 Å². The Morgan fingerprint density at radius 3 is 2.60 bits per heavy atom. The Morgan fingerprint density at radius 1 is 1.33 bits per heavy atom. The largest absolute Gasteiger partial charge is 0.508 e.